The van der Waals surface area contributed by atoms with Crippen molar-refractivity contribution in [2.75, 3.05) is 6.61 Å². The average Bonchev–Trinajstić information content (AvgIpc) is 2.64. The minimum absolute atomic E-state index is 0.311. The van der Waals surface area contributed by atoms with Crippen LogP contribution in [0.15, 0.2) is 0 Å². The van der Waals surface area contributed by atoms with Crippen molar-refractivity contribution in [1.29, 1.82) is 0 Å². The second-order valence-corrected chi connectivity index (χ2v) is 4.73. The first kappa shape index (κ1) is 11.0. The maximum Gasteiger partial charge on any atom is 0.169 e. The molecule has 15 heavy (non-hydrogen) atoms. The van der Waals surface area contributed by atoms with Crippen molar-refractivity contribution in [2.45, 2.75) is 56.5 Å². The minimum Gasteiger partial charge on any atom is -0.380 e. The van der Waals surface area contributed by atoms with Crippen molar-refractivity contribution in [3.05, 3.63) is 0 Å². The quantitative estimate of drug-likeness (QED) is 0.697. The second-order valence-electron chi connectivity index (χ2n) is 4.73. The van der Waals surface area contributed by atoms with E-state index in [-0.39, 0.29) is 0 Å². The summed E-state index contributed by atoms with van der Waals surface area (Å²) in [6, 6.07) is 0. The summed E-state index contributed by atoms with van der Waals surface area (Å²) in [5.41, 5.74) is -1.43. The first-order valence-corrected chi connectivity index (χ1v) is 5.58. The molecule has 0 unspecified atom stereocenters. The fourth-order valence-corrected chi connectivity index (χ4v) is 2.27. The molecule has 2 rings (SSSR count). The lowest BCUT2D eigenvalue weighted by Crippen LogP contribution is -2.44. The summed E-state index contributed by atoms with van der Waals surface area (Å²) in [5, 5.41) is 9.76. The standard InChI is InChI=1S/C11H18O4/c1-10(13,8-12)9-7-14-11(15-9)5-3-2-4-6-11/h8-9,13H,2-7H2,1H3/t9-,10+/m1/s1. The Morgan fingerprint density at radius 2 is 2.07 bits per heavy atom. The van der Waals surface area contributed by atoms with Gasteiger partial charge in [-0.15, -0.1) is 0 Å². The Morgan fingerprint density at radius 3 is 2.67 bits per heavy atom. The number of aliphatic hydroxyl groups is 1. The van der Waals surface area contributed by atoms with Crippen LogP contribution < -0.4 is 0 Å². The molecule has 1 spiro atoms. The molecule has 0 bridgehead atoms. The molecule has 4 nitrogen and oxygen atoms in total. The maximum atomic E-state index is 10.7. The molecular formula is C11H18O4. The van der Waals surface area contributed by atoms with Crippen LogP contribution in [0.5, 0.6) is 0 Å². The molecular weight excluding hydrogens is 196 g/mol. The number of rotatable bonds is 2. The first-order valence-electron chi connectivity index (χ1n) is 5.58. The van der Waals surface area contributed by atoms with Gasteiger partial charge in [-0.05, 0) is 19.8 Å². The molecule has 1 heterocycles. The molecule has 2 atom stereocenters. The smallest absolute Gasteiger partial charge is 0.169 e. The molecule has 0 radical (unpaired) electrons. The van der Waals surface area contributed by atoms with Crippen LogP contribution >= 0.6 is 0 Å². The van der Waals surface area contributed by atoms with Gasteiger partial charge in [0, 0.05) is 12.8 Å². The van der Waals surface area contributed by atoms with Gasteiger partial charge in [-0.1, -0.05) is 6.42 Å². The van der Waals surface area contributed by atoms with Gasteiger partial charge in [0.05, 0.1) is 6.61 Å². The van der Waals surface area contributed by atoms with E-state index in [2.05, 4.69) is 0 Å². The van der Waals surface area contributed by atoms with Crippen LogP contribution in [0.2, 0.25) is 0 Å². The maximum absolute atomic E-state index is 10.7. The Hall–Kier alpha value is -0.450. The molecule has 1 aliphatic carbocycles. The zero-order valence-electron chi connectivity index (χ0n) is 9.07. The Kier molecular flexibility index (Phi) is 2.83. The van der Waals surface area contributed by atoms with Gasteiger partial charge in [-0.3, -0.25) is 0 Å². The highest BCUT2D eigenvalue weighted by Gasteiger charge is 2.48. The van der Waals surface area contributed by atoms with Crippen molar-refractivity contribution < 1.29 is 19.4 Å². The van der Waals surface area contributed by atoms with Gasteiger partial charge >= 0.3 is 0 Å². The zero-order chi connectivity index (χ0) is 10.9. The molecule has 86 valence electrons. The molecule has 4 heteroatoms. The summed E-state index contributed by atoms with van der Waals surface area (Å²) in [7, 11) is 0. The lowest BCUT2D eigenvalue weighted by Gasteiger charge is -2.33. The number of aldehydes is 1. The van der Waals surface area contributed by atoms with Crippen LogP contribution in [0, 0.1) is 0 Å². The van der Waals surface area contributed by atoms with E-state index >= 15 is 0 Å². The van der Waals surface area contributed by atoms with Crippen molar-refractivity contribution in [3.63, 3.8) is 0 Å². The van der Waals surface area contributed by atoms with E-state index < -0.39 is 17.5 Å². The Balaban J connectivity index is 2.02. The van der Waals surface area contributed by atoms with Crippen LogP contribution in [0.3, 0.4) is 0 Å². The van der Waals surface area contributed by atoms with Crippen LogP contribution in [0.1, 0.15) is 39.0 Å². The minimum atomic E-state index is -1.43. The fraction of sp³-hybridized carbons (Fsp3) is 0.909. The molecule has 0 amide bonds. The predicted octanol–water partition coefficient (Wildman–Crippen LogP) is 1.01. The molecule has 2 fully saturated rings. The number of ether oxygens (including phenoxy) is 2. The van der Waals surface area contributed by atoms with E-state index in [9.17, 15) is 9.90 Å². The second kappa shape index (κ2) is 3.85. The van der Waals surface area contributed by atoms with Gasteiger partial charge in [0.1, 0.15) is 11.7 Å². The van der Waals surface area contributed by atoms with E-state index in [0.29, 0.717) is 12.9 Å². The molecule has 1 saturated heterocycles. The van der Waals surface area contributed by atoms with Crippen molar-refractivity contribution in [3.8, 4) is 0 Å². The Bertz CT molecular complexity index is 243. The summed E-state index contributed by atoms with van der Waals surface area (Å²) in [4.78, 5) is 10.7. The van der Waals surface area contributed by atoms with Crippen LogP contribution in [0.4, 0.5) is 0 Å². The van der Waals surface area contributed by atoms with Crippen LogP contribution in [-0.4, -0.2) is 35.5 Å². The molecule has 1 N–H and O–H groups in total. The highest BCUT2D eigenvalue weighted by atomic mass is 16.7. The number of carbonyl (C=O) groups excluding carboxylic acids is 1. The van der Waals surface area contributed by atoms with E-state index in [0.717, 1.165) is 25.7 Å². The van der Waals surface area contributed by atoms with Crippen LogP contribution in [0.25, 0.3) is 0 Å². The summed E-state index contributed by atoms with van der Waals surface area (Å²) in [6.45, 7) is 1.78. The van der Waals surface area contributed by atoms with Gasteiger partial charge in [0.25, 0.3) is 0 Å². The number of carbonyl (C=O) groups is 1. The van der Waals surface area contributed by atoms with Crippen molar-refractivity contribution in [1.82, 2.24) is 0 Å². The van der Waals surface area contributed by atoms with E-state index in [1.54, 1.807) is 0 Å². The summed E-state index contributed by atoms with van der Waals surface area (Å²) in [5.74, 6) is -0.518. The normalized spacial score (nSPS) is 33.9. The van der Waals surface area contributed by atoms with Crippen molar-refractivity contribution >= 4 is 6.29 Å². The highest BCUT2D eigenvalue weighted by Crippen LogP contribution is 2.39. The highest BCUT2D eigenvalue weighted by molar-refractivity contribution is 5.62. The lowest BCUT2D eigenvalue weighted by molar-refractivity contribution is -0.203. The molecule has 1 aliphatic heterocycles. The third-order valence-electron chi connectivity index (χ3n) is 3.36. The topological polar surface area (TPSA) is 55.8 Å². The molecule has 0 aromatic rings. The summed E-state index contributed by atoms with van der Waals surface area (Å²) < 4.78 is 11.4. The fourth-order valence-electron chi connectivity index (χ4n) is 2.27. The SMILES string of the molecule is C[C@](O)(C=O)[C@H]1COC2(CCCCC2)O1. The summed E-state index contributed by atoms with van der Waals surface area (Å²) in [6.07, 6.45) is 5.16. The van der Waals surface area contributed by atoms with Crippen LogP contribution in [-0.2, 0) is 14.3 Å². The monoisotopic (exact) mass is 214 g/mol. The lowest BCUT2D eigenvalue weighted by atomic mass is 9.94. The molecule has 2 aliphatic rings. The van der Waals surface area contributed by atoms with E-state index in [1.807, 2.05) is 0 Å². The largest absolute Gasteiger partial charge is 0.380 e. The van der Waals surface area contributed by atoms with Gasteiger partial charge < -0.3 is 19.4 Å². The van der Waals surface area contributed by atoms with Gasteiger partial charge in [-0.25, -0.2) is 0 Å². The molecule has 0 aromatic heterocycles. The van der Waals surface area contributed by atoms with Gasteiger partial charge in [-0.2, -0.15) is 0 Å². The Morgan fingerprint density at radius 1 is 1.40 bits per heavy atom. The van der Waals surface area contributed by atoms with Crippen molar-refractivity contribution in [2.24, 2.45) is 0 Å². The van der Waals surface area contributed by atoms with Gasteiger partial charge in [0.15, 0.2) is 12.1 Å². The van der Waals surface area contributed by atoms with Gasteiger partial charge in [0.2, 0.25) is 0 Å². The third-order valence-corrected chi connectivity index (χ3v) is 3.36. The zero-order valence-corrected chi connectivity index (χ0v) is 9.07. The first-order chi connectivity index (χ1) is 7.08. The van der Waals surface area contributed by atoms with E-state index in [4.69, 9.17) is 9.47 Å². The molecule has 1 saturated carbocycles. The third kappa shape index (κ3) is 2.07. The molecule has 0 aromatic carbocycles. The van der Waals surface area contributed by atoms with E-state index in [1.165, 1.54) is 13.3 Å². The summed E-state index contributed by atoms with van der Waals surface area (Å²) >= 11 is 0. The average molecular weight is 214 g/mol. The Labute approximate surface area is 89.6 Å². The number of hydrogen-bond acceptors (Lipinski definition) is 4. The number of hydrogen-bond donors (Lipinski definition) is 1. The predicted molar refractivity (Wildman–Crippen MR) is 53.3 cm³/mol.